The van der Waals surface area contributed by atoms with Crippen LogP contribution in [0.5, 0.6) is 5.88 Å². The van der Waals surface area contributed by atoms with Crippen LogP contribution in [-0.4, -0.2) is 12.1 Å². The molecule has 1 aromatic heterocycles. The Morgan fingerprint density at radius 2 is 1.35 bits per heavy atom. The first kappa shape index (κ1) is 18.7. The minimum atomic E-state index is -4.71. The summed E-state index contributed by atoms with van der Waals surface area (Å²) >= 11 is 29.8. The third-order valence-electron chi connectivity index (χ3n) is 2.87. The summed E-state index contributed by atoms with van der Waals surface area (Å²) in [6, 6.07) is 0.765. The molecule has 124 valence electrons. The van der Waals surface area contributed by atoms with Gasteiger partial charge >= 0.3 is 6.18 Å². The molecular formula is C13H5Cl5F3NO. The number of halogens is 8. The number of benzene rings is 1. The Morgan fingerprint density at radius 3 is 1.78 bits per heavy atom. The van der Waals surface area contributed by atoms with E-state index in [9.17, 15) is 13.2 Å². The summed E-state index contributed by atoms with van der Waals surface area (Å²) in [5.74, 6) is -0.335. The van der Waals surface area contributed by atoms with Gasteiger partial charge in [0.1, 0.15) is 0 Å². The fourth-order valence-corrected chi connectivity index (χ4v) is 3.23. The van der Waals surface area contributed by atoms with Crippen LogP contribution in [0.25, 0.3) is 11.1 Å². The van der Waals surface area contributed by atoms with Gasteiger partial charge in [0.25, 0.3) is 0 Å². The van der Waals surface area contributed by atoms with Crippen molar-refractivity contribution in [1.82, 2.24) is 4.98 Å². The van der Waals surface area contributed by atoms with E-state index < -0.39 is 17.3 Å². The van der Waals surface area contributed by atoms with Gasteiger partial charge in [-0.25, -0.2) is 4.98 Å². The van der Waals surface area contributed by atoms with Crippen LogP contribution in [0.4, 0.5) is 13.2 Å². The van der Waals surface area contributed by atoms with Gasteiger partial charge < -0.3 is 4.74 Å². The fraction of sp³-hybridized carbons (Fsp3) is 0.154. The summed E-state index contributed by atoms with van der Waals surface area (Å²) < 4.78 is 44.9. The lowest BCUT2D eigenvalue weighted by molar-refractivity contribution is -0.137. The Morgan fingerprint density at radius 1 is 0.870 bits per heavy atom. The molecule has 0 fully saturated rings. The molecule has 1 heterocycles. The van der Waals surface area contributed by atoms with E-state index in [4.69, 9.17) is 62.7 Å². The topological polar surface area (TPSA) is 22.1 Å². The van der Waals surface area contributed by atoms with Gasteiger partial charge in [-0.3, -0.25) is 0 Å². The Bertz CT molecular complexity index is 750. The first-order chi connectivity index (χ1) is 10.6. The molecule has 0 aliphatic carbocycles. The van der Waals surface area contributed by atoms with Crippen LogP contribution >= 0.6 is 58.0 Å². The Balaban J connectivity index is 2.99. The van der Waals surface area contributed by atoms with E-state index in [-0.39, 0.29) is 36.6 Å². The van der Waals surface area contributed by atoms with Crippen molar-refractivity contribution in [3.8, 4) is 17.0 Å². The highest BCUT2D eigenvalue weighted by Gasteiger charge is 2.37. The number of ether oxygens (including phenoxy) is 1. The van der Waals surface area contributed by atoms with E-state index in [0.29, 0.717) is 0 Å². The van der Waals surface area contributed by atoms with Gasteiger partial charge in [-0.2, -0.15) is 13.2 Å². The lowest BCUT2D eigenvalue weighted by Gasteiger charge is -2.19. The van der Waals surface area contributed by atoms with Crippen molar-refractivity contribution in [3.05, 3.63) is 42.9 Å². The predicted molar refractivity (Wildman–Crippen MR) is 86.3 cm³/mol. The van der Waals surface area contributed by atoms with E-state index in [1.54, 1.807) is 0 Å². The van der Waals surface area contributed by atoms with E-state index in [0.717, 1.165) is 19.4 Å². The maximum Gasteiger partial charge on any atom is 0.417 e. The van der Waals surface area contributed by atoms with Crippen LogP contribution in [0.2, 0.25) is 25.1 Å². The van der Waals surface area contributed by atoms with Gasteiger partial charge in [0.15, 0.2) is 0 Å². The molecule has 0 amide bonds. The second-order valence-electron chi connectivity index (χ2n) is 4.19. The molecule has 2 aromatic rings. The van der Waals surface area contributed by atoms with Crippen molar-refractivity contribution >= 4 is 58.0 Å². The maximum absolute atomic E-state index is 13.3. The molecule has 0 radical (unpaired) electrons. The quantitative estimate of drug-likeness (QED) is 0.380. The summed E-state index contributed by atoms with van der Waals surface area (Å²) in [4.78, 5) is 3.75. The molecule has 2 rings (SSSR count). The molecule has 0 N–H and O–H groups in total. The normalized spacial score (nSPS) is 11.7. The lowest BCUT2D eigenvalue weighted by atomic mass is 10.0. The third-order valence-corrected chi connectivity index (χ3v) is 5.15. The number of pyridine rings is 1. The first-order valence-electron chi connectivity index (χ1n) is 5.73. The number of methoxy groups -OCH3 is 1. The molecule has 23 heavy (non-hydrogen) atoms. The zero-order chi connectivity index (χ0) is 17.5. The van der Waals surface area contributed by atoms with Crippen molar-refractivity contribution in [2.24, 2.45) is 0 Å². The number of hydrogen-bond donors (Lipinski definition) is 0. The second-order valence-corrected chi connectivity index (χ2v) is 6.08. The van der Waals surface area contributed by atoms with Crippen LogP contribution in [-0.2, 0) is 6.18 Å². The number of nitrogens with zero attached hydrogens (tertiary/aromatic N) is 1. The largest absolute Gasteiger partial charge is 0.481 e. The van der Waals surface area contributed by atoms with Crippen LogP contribution in [0.1, 0.15) is 5.56 Å². The van der Waals surface area contributed by atoms with Crippen LogP contribution in [0, 0.1) is 0 Å². The van der Waals surface area contributed by atoms with Crippen LogP contribution < -0.4 is 4.74 Å². The third kappa shape index (κ3) is 3.30. The van der Waals surface area contributed by atoms with E-state index in [2.05, 4.69) is 4.98 Å². The number of alkyl halides is 3. The van der Waals surface area contributed by atoms with Crippen molar-refractivity contribution in [1.29, 1.82) is 0 Å². The zero-order valence-electron chi connectivity index (χ0n) is 11.0. The number of rotatable bonds is 2. The summed E-state index contributed by atoms with van der Waals surface area (Å²) in [5, 5.41) is -1.19. The molecular weight excluding hydrogens is 420 g/mol. The summed E-state index contributed by atoms with van der Waals surface area (Å²) in [6.45, 7) is 0. The average molecular weight is 425 g/mol. The van der Waals surface area contributed by atoms with E-state index in [1.165, 1.54) is 0 Å². The summed E-state index contributed by atoms with van der Waals surface area (Å²) in [7, 11) is 1.16. The zero-order valence-corrected chi connectivity index (χ0v) is 14.8. The van der Waals surface area contributed by atoms with Gasteiger partial charge in [0.05, 0.1) is 43.3 Å². The van der Waals surface area contributed by atoms with Gasteiger partial charge in [-0.05, 0) is 6.07 Å². The van der Waals surface area contributed by atoms with Gasteiger partial charge in [0.2, 0.25) is 5.88 Å². The molecule has 0 bridgehead atoms. The van der Waals surface area contributed by atoms with Crippen LogP contribution in [0.15, 0.2) is 12.3 Å². The summed E-state index contributed by atoms with van der Waals surface area (Å²) in [5.41, 5.74) is -1.79. The second kappa shape index (κ2) is 6.73. The molecule has 0 atom stereocenters. The highest BCUT2D eigenvalue weighted by molar-refractivity contribution is 6.56. The Labute approximate surface area is 154 Å². The van der Waals surface area contributed by atoms with Gasteiger partial charge in [-0.1, -0.05) is 58.0 Å². The summed E-state index contributed by atoms with van der Waals surface area (Å²) in [6.07, 6.45) is -3.76. The van der Waals surface area contributed by atoms with Crippen molar-refractivity contribution in [2.45, 2.75) is 6.18 Å². The molecule has 0 saturated carbocycles. The minimum absolute atomic E-state index is 0.163. The van der Waals surface area contributed by atoms with Gasteiger partial charge in [-0.15, -0.1) is 0 Å². The monoisotopic (exact) mass is 423 g/mol. The highest BCUT2D eigenvalue weighted by Crippen LogP contribution is 2.52. The molecule has 0 aliphatic rings. The SMILES string of the molecule is COc1nccc(C(F)(F)F)c1-c1c(Cl)c(Cl)c(Cl)c(Cl)c1Cl. The van der Waals surface area contributed by atoms with Crippen molar-refractivity contribution < 1.29 is 17.9 Å². The highest BCUT2D eigenvalue weighted by atomic mass is 35.5. The van der Waals surface area contributed by atoms with Crippen molar-refractivity contribution in [3.63, 3.8) is 0 Å². The molecule has 0 aliphatic heterocycles. The van der Waals surface area contributed by atoms with E-state index >= 15 is 0 Å². The molecule has 10 heteroatoms. The maximum atomic E-state index is 13.3. The first-order valence-corrected chi connectivity index (χ1v) is 7.62. The average Bonchev–Trinajstić information content (AvgIpc) is 2.50. The van der Waals surface area contributed by atoms with Gasteiger partial charge in [0, 0.05) is 11.8 Å². The fourth-order valence-electron chi connectivity index (χ4n) is 1.90. The van der Waals surface area contributed by atoms with E-state index in [1.807, 2.05) is 0 Å². The van der Waals surface area contributed by atoms with Crippen LogP contribution in [0.3, 0.4) is 0 Å². The standard InChI is InChI=1S/C13H5Cl5F3NO/c1-23-12-5(4(2-3-22-12)13(19,20)21)6-7(14)9(16)11(18)10(17)8(6)15/h2-3H,1H3. The lowest BCUT2D eigenvalue weighted by Crippen LogP contribution is -2.09. The molecule has 2 nitrogen and oxygen atoms in total. The Kier molecular flexibility index (Phi) is 5.48. The molecule has 0 saturated heterocycles. The molecule has 1 aromatic carbocycles. The van der Waals surface area contributed by atoms with Crippen molar-refractivity contribution in [2.75, 3.05) is 7.11 Å². The Hall–Kier alpha value is -0.590. The number of hydrogen-bond acceptors (Lipinski definition) is 2. The predicted octanol–water partition coefficient (Wildman–Crippen LogP) is 7.04. The smallest absolute Gasteiger partial charge is 0.417 e. The molecule has 0 unspecified atom stereocenters. The molecule has 0 spiro atoms. The minimum Gasteiger partial charge on any atom is -0.481 e. The number of aromatic nitrogens is 1.